The van der Waals surface area contributed by atoms with Crippen molar-refractivity contribution in [1.29, 1.82) is 0 Å². The molecule has 0 aliphatic carbocycles. The highest BCUT2D eigenvalue weighted by molar-refractivity contribution is 5.14. The van der Waals surface area contributed by atoms with Crippen molar-refractivity contribution < 1.29 is 29.2 Å². The summed E-state index contributed by atoms with van der Waals surface area (Å²) in [7, 11) is 0. The van der Waals surface area contributed by atoms with Gasteiger partial charge in [0.1, 0.15) is 12.2 Å². The minimum absolute atomic E-state index is 0.315. The molecule has 0 heterocycles. The van der Waals surface area contributed by atoms with Crippen LogP contribution >= 0.6 is 0 Å². The second-order valence-corrected chi connectivity index (χ2v) is 12.8. The highest BCUT2D eigenvalue weighted by Gasteiger charge is 2.06. The summed E-state index contributed by atoms with van der Waals surface area (Å²) in [5, 5.41) is 20.0. The molecule has 0 aliphatic heterocycles. The van der Waals surface area contributed by atoms with E-state index in [0.29, 0.717) is 39.6 Å². The number of unbranched alkanes of at least 4 members (excludes halogenated alkanes) is 17. The van der Waals surface area contributed by atoms with Crippen LogP contribution in [-0.4, -0.2) is 62.1 Å². The van der Waals surface area contributed by atoms with Gasteiger partial charge >= 0.3 is 0 Å². The summed E-state index contributed by atoms with van der Waals surface area (Å²) in [5.41, 5.74) is 2.24. The molecular weight excluding hydrogens is 576 g/mol. The molecule has 6 nitrogen and oxygen atoms in total. The van der Waals surface area contributed by atoms with Gasteiger partial charge in [-0.05, 0) is 24.0 Å². The van der Waals surface area contributed by atoms with Crippen molar-refractivity contribution in [2.75, 3.05) is 39.6 Å². The third-order valence-electron chi connectivity index (χ3n) is 8.29. The van der Waals surface area contributed by atoms with Gasteiger partial charge in [0, 0.05) is 13.2 Å². The van der Waals surface area contributed by atoms with Gasteiger partial charge in [-0.25, -0.2) is 0 Å². The van der Waals surface area contributed by atoms with Crippen LogP contribution in [0.2, 0.25) is 0 Å². The van der Waals surface area contributed by atoms with E-state index in [2.05, 4.69) is 0 Å². The van der Waals surface area contributed by atoms with Crippen molar-refractivity contribution in [2.24, 2.45) is 0 Å². The van der Waals surface area contributed by atoms with Gasteiger partial charge in [-0.3, -0.25) is 0 Å². The number of aliphatic hydroxyl groups is 2. The van der Waals surface area contributed by atoms with E-state index in [1.54, 1.807) is 0 Å². The summed E-state index contributed by atoms with van der Waals surface area (Å²) < 4.78 is 22.4. The minimum atomic E-state index is -0.554. The SMILES string of the molecule is OC(COCCCCCCCCCCCCCCCCCCCCOCC(O)COCc1ccccc1)COCc1ccccc1. The van der Waals surface area contributed by atoms with Crippen molar-refractivity contribution in [2.45, 2.75) is 141 Å². The van der Waals surface area contributed by atoms with Crippen LogP contribution in [0.1, 0.15) is 127 Å². The van der Waals surface area contributed by atoms with E-state index < -0.39 is 12.2 Å². The van der Waals surface area contributed by atoms with Crippen LogP contribution in [0.4, 0.5) is 0 Å². The van der Waals surface area contributed by atoms with Crippen molar-refractivity contribution in [3.63, 3.8) is 0 Å². The van der Waals surface area contributed by atoms with Gasteiger partial charge in [-0.1, -0.05) is 163 Å². The first-order valence-electron chi connectivity index (χ1n) is 18.5. The molecule has 0 bridgehead atoms. The van der Waals surface area contributed by atoms with Crippen LogP contribution in [0.5, 0.6) is 0 Å². The molecule has 2 N–H and O–H groups in total. The molecule has 2 rings (SSSR count). The maximum Gasteiger partial charge on any atom is 0.101 e. The lowest BCUT2D eigenvalue weighted by Crippen LogP contribution is -2.22. The second kappa shape index (κ2) is 30.5. The molecule has 2 atom stereocenters. The number of aliphatic hydroxyl groups excluding tert-OH is 2. The van der Waals surface area contributed by atoms with Gasteiger partial charge in [0.05, 0.1) is 39.6 Å². The fourth-order valence-electron chi connectivity index (χ4n) is 5.55. The Bertz CT molecular complexity index is 806. The van der Waals surface area contributed by atoms with E-state index in [9.17, 15) is 10.2 Å². The van der Waals surface area contributed by atoms with Gasteiger partial charge in [-0.15, -0.1) is 0 Å². The molecule has 0 radical (unpaired) electrons. The highest BCUT2D eigenvalue weighted by Crippen LogP contribution is 2.14. The topological polar surface area (TPSA) is 77.4 Å². The molecule has 0 aliphatic rings. The lowest BCUT2D eigenvalue weighted by molar-refractivity contribution is -0.0239. The number of benzene rings is 2. The van der Waals surface area contributed by atoms with E-state index in [1.807, 2.05) is 60.7 Å². The Kier molecular flexibility index (Phi) is 26.8. The monoisotopic (exact) mass is 642 g/mol. The molecule has 262 valence electrons. The van der Waals surface area contributed by atoms with Gasteiger partial charge in [-0.2, -0.15) is 0 Å². The fourth-order valence-corrected chi connectivity index (χ4v) is 5.55. The summed E-state index contributed by atoms with van der Waals surface area (Å²) in [5.74, 6) is 0. The van der Waals surface area contributed by atoms with E-state index in [-0.39, 0.29) is 0 Å². The van der Waals surface area contributed by atoms with Gasteiger partial charge in [0.2, 0.25) is 0 Å². The lowest BCUT2D eigenvalue weighted by Gasteiger charge is -2.12. The molecular formula is C40H66O6. The van der Waals surface area contributed by atoms with Crippen LogP contribution in [0, 0.1) is 0 Å². The summed E-state index contributed by atoms with van der Waals surface area (Å²) in [6.45, 7) is 3.85. The maximum absolute atomic E-state index is 9.98. The molecule has 46 heavy (non-hydrogen) atoms. The first kappa shape index (κ1) is 40.4. The largest absolute Gasteiger partial charge is 0.388 e. The number of rotatable bonds is 33. The van der Waals surface area contributed by atoms with E-state index in [4.69, 9.17) is 18.9 Å². The third kappa shape index (κ3) is 25.3. The molecule has 0 amide bonds. The zero-order valence-electron chi connectivity index (χ0n) is 28.8. The standard InChI is InChI=1S/C40H66O6/c41-39(35-45-31-37-25-19-17-20-26-37)33-43-29-23-15-13-11-9-7-5-3-1-2-4-6-8-10-12-14-16-24-30-44-34-40(42)36-46-32-38-27-21-18-22-28-38/h17-22,25-28,39-42H,1-16,23-24,29-36H2. The molecule has 2 unspecified atom stereocenters. The average molecular weight is 643 g/mol. The van der Waals surface area contributed by atoms with Crippen LogP contribution in [-0.2, 0) is 32.2 Å². The molecule has 6 heteroatoms. The molecule has 0 aromatic heterocycles. The minimum Gasteiger partial charge on any atom is -0.388 e. The fraction of sp³-hybridized carbons (Fsp3) is 0.700. The first-order chi connectivity index (χ1) is 22.7. The number of hydrogen-bond donors (Lipinski definition) is 2. The zero-order chi connectivity index (χ0) is 32.6. The van der Waals surface area contributed by atoms with Gasteiger partial charge in [0.25, 0.3) is 0 Å². The van der Waals surface area contributed by atoms with E-state index in [1.165, 1.54) is 103 Å². The normalized spacial score (nSPS) is 12.8. The molecule has 0 fully saturated rings. The number of ether oxygens (including phenoxy) is 4. The molecule has 2 aromatic rings. The van der Waals surface area contributed by atoms with Crippen LogP contribution in [0.25, 0.3) is 0 Å². The Morgan fingerprint density at radius 1 is 0.348 bits per heavy atom. The van der Waals surface area contributed by atoms with Crippen molar-refractivity contribution >= 4 is 0 Å². The first-order valence-corrected chi connectivity index (χ1v) is 18.5. The van der Waals surface area contributed by atoms with Crippen molar-refractivity contribution in [3.05, 3.63) is 71.8 Å². The van der Waals surface area contributed by atoms with Crippen molar-refractivity contribution in [1.82, 2.24) is 0 Å². The smallest absolute Gasteiger partial charge is 0.101 e. The Morgan fingerprint density at radius 2 is 0.609 bits per heavy atom. The average Bonchev–Trinajstić information content (AvgIpc) is 3.07. The third-order valence-corrected chi connectivity index (χ3v) is 8.29. The van der Waals surface area contributed by atoms with Crippen LogP contribution in [0.15, 0.2) is 60.7 Å². The van der Waals surface area contributed by atoms with Crippen LogP contribution < -0.4 is 0 Å². The van der Waals surface area contributed by atoms with Gasteiger partial charge < -0.3 is 29.2 Å². The molecule has 0 saturated heterocycles. The summed E-state index contributed by atoms with van der Waals surface area (Å²) in [6.07, 6.45) is 22.5. The quantitative estimate of drug-likeness (QED) is 0.0756. The summed E-state index contributed by atoms with van der Waals surface area (Å²) in [6, 6.07) is 20.1. The van der Waals surface area contributed by atoms with Crippen molar-refractivity contribution in [3.8, 4) is 0 Å². The Morgan fingerprint density at radius 3 is 0.913 bits per heavy atom. The van der Waals surface area contributed by atoms with Gasteiger partial charge in [0.15, 0.2) is 0 Å². The Labute approximate surface area is 281 Å². The Balaban J connectivity index is 1.18. The van der Waals surface area contributed by atoms with E-state index in [0.717, 1.165) is 37.2 Å². The predicted octanol–water partition coefficient (Wildman–Crippen LogP) is 9.20. The zero-order valence-corrected chi connectivity index (χ0v) is 28.8. The van der Waals surface area contributed by atoms with E-state index >= 15 is 0 Å². The highest BCUT2D eigenvalue weighted by atomic mass is 16.5. The Hall–Kier alpha value is -1.80. The lowest BCUT2D eigenvalue weighted by atomic mass is 10.0. The number of hydrogen-bond acceptors (Lipinski definition) is 6. The maximum atomic E-state index is 9.98. The van der Waals surface area contributed by atoms with Crippen LogP contribution in [0.3, 0.4) is 0 Å². The predicted molar refractivity (Wildman–Crippen MR) is 189 cm³/mol. The summed E-state index contributed by atoms with van der Waals surface area (Å²) in [4.78, 5) is 0. The second-order valence-electron chi connectivity index (χ2n) is 12.8. The summed E-state index contributed by atoms with van der Waals surface area (Å²) >= 11 is 0. The molecule has 2 aromatic carbocycles. The molecule has 0 saturated carbocycles. The molecule has 0 spiro atoms.